The van der Waals surface area contributed by atoms with E-state index < -0.39 is 29.3 Å². The smallest absolute Gasteiger partial charge is 0.228 e. The van der Waals surface area contributed by atoms with E-state index in [0.29, 0.717) is 13.1 Å². The molecule has 24 heavy (non-hydrogen) atoms. The van der Waals surface area contributed by atoms with Crippen molar-refractivity contribution in [2.45, 2.75) is 33.1 Å². The van der Waals surface area contributed by atoms with Gasteiger partial charge >= 0.3 is 0 Å². The SMILES string of the molecule is CCCN(CCC)C(=O)C1CC(=O)N(c2ccc(F)c(F)c2F)C1. The molecule has 1 aliphatic heterocycles. The Hall–Kier alpha value is -2.05. The highest BCUT2D eigenvalue weighted by atomic mass is 19.2. The Morgan fingerprint density at radius 3 is 2.38 bits per heavy atom. The first-order valence-electron chi connectivity index (χ1n) is 8.13. The second-order valence-electron chi connectivity index (χ2n) is 5.93. The zero-order chi connectivity index (χ0) is 17.9. The van der Waals surface area contributed by atoms with E-state index in [4.69, 9.17) is 0 Å². The van der Waals surface area contributed by atoms with Crippen LogP contribution >= 0.6 is 0 Å². The largest absolute Gasteiger partial charge is 0.342 e. The number of carbonyl (C=O) groups excluding carboxylic acids is 2. The van der Waals surface area contributed by atoms with E-state index in [1.807, 2.05) is 13.8 Å². The van der Waals surface area contributed by atoms with Gasteiger partial charge in [0.05, 0.1) is 11.6 Å². The van der Waals surface area contributed by atoms with Gasteiger partial charge in [0.2, 0.25) is 11.8 Å². The Bertz CT molecular complexity index is 631. The maximum Gasteiger partial charge on any atom is 0.228 e. The number of halogens is 3. The Balaban J connectivity index is 2.19. The summed E-state index contributed by atoms with van der Waals surface area (Å²) >= 11 is 0. The van der Waals surface area contributed by atoms with Crippen LogP contribution in [-0.4, -0.2) is 36.3 Å². The van der Waals surface area contributed by atoms with Crippen LogP contribution in [-0.2, 0) is 9.59 Å². The second kappa shape index (κ2) is 7.68. The molecule has 1 saturated heterocycles. The third kappa shape index (κ3) is 3.55. The van der Waals surface area contributed by atoms with E-state index in [-0.39, 0.29) is 24.6 Å². The molecule has 0 N–H and O–H groups in total. The van der Waals surface area contributed by atoms with Crippen LogP contribution in [0.2, 0.25) is 0 Å². The summed E-state index contributed by atoms with van der Waals surface area (Å²) in [5.74, 6) is -5.55. The molecule has 0 aromatic heterocycles. The van der Waals surface area contributed by atoms with Crippen molar-refractivity contribution < 1.29 is 22.8 Å². The maximum atomic E-state index is 13.9. The molecule has 1 heterocycles. The zero-order valence-electron chi connectivity index (χ0n) is 13.8. The minimum Gasteiger partial charge on any atom is -0.342 e. The monoisotopic (exact) mass is 342 g/mol. The van der Waals surface area contributed by atoms with Crippen LogP contribution in [0.1, 0.15) is 33.1 Å². The summed E-state index contributed by atoms with van der Waals surface area (Å²) in [4.78, 5) is 27.4. The highest BCUT2D eigenvalue weighted by molar-refractivity contribution is 6.00. The first kappa shape index (κ1) is 18.3. The van der Waals surface area contributed by atoms with E-state index in [2.05, 4.69) is 0 Å². The van der Waals surface area contributed by atoms with Gasteiger partial charge in [-0.3, -0.25) is 9.59 Å². The molecule has 132 valence electrons. The predicted octanol–water partition coefficient (Wildman–Crippen LogP) is 3.11. The lowest BCUT2D eigenvalue weighted by atomic mass is 10.1. The van der Waals surface area contributed by atoms with Gasteiger partial charge in [0, 0.05) is 26.1 Å². The van der Waals surface area contributed by atoms with Crippen LogP contribution in [0.5, 0.6) is 0 Å². The first-order chi connectivity index (χ1) is 11.4. The Labute approximate surface area is 139 Å². The van der Waals surface area contributed by atoms with E-state index in [1.54, 1.807) is 4.90 Å². The zero-order valence-corrected chi connectivity index (χ0v) is 13.8. The number of anilines is 1. The number of benzene rings is 1. The molecule has 4 nitrogen and oxygen atoms in total. The van der Waals surface area contributed by atoms with E-state index in [1.165, 1.54) is 0 Å². The first-order valence-corrected chi connectivity index (χ1v) is 8.13. The summed E-state index contributed by atoms with van der Waals surface area (Å²) in [5.41, 5.74) is -0.327. The van der Waals surface area contributed by atoms with Crippen LogP contribution in [0.25, 0.3) is 0 Å². The van der Waals surface area contributed by atoms with Crippen LogP contribution in [0.4, 0.5) is 18.9 Å². The third-order valence-corrected chi connectivity index (χ3v) is 4.08. The van der Waals surface area contributed by atoms with Crippen LogP contribution in [0, 0.1) is 23.4 Å². The highest BCUT2D eigenvalue weighted by Crippen LogP contribution is 2.30. The van der Waals surface area contributed by atoms with Gasteiger partial charge in [-0.05, 0) is 25.0 Å². The molecule has 0 radical (unpaired) electrons. The maximum absolute atomic E-state index is 13.9. The molecule has 0 aliphatic carbocycles. The van der Waals surface area contributed by atoms with Crippen molar-refractivity contribution in [1.29, 1.82) is 0 Å². The van der Waals surface area contributed by atoms with Gasteiger partial charge < -0.3 is 9.80 Å². The van der Waals surface area contributed by atoms with Gasteiger partial charge in [-0.15, -0.1) is 0 Å². The summed E-state index contributed by atoms with van der Waals surface area (Å²) in [6, 6.07) is 1.80. The van der Waals surface area contributed by atoms with Crippen molar-refractivity contribution >= 4 is 17.5 Å². The molecule has 0 saturated carbocycles. The molecule has 1 fully saturated rings. The summed E-state index contributed by atoms with van der Waals surface area (Å²) in [6.45, 7) is 5.08. The normalized spacial score (nSPS) is 17.5. The summed E-state index contributed by atoms with van der Waals surface area (Å²) in [6.07, 6.45) is 1.54. The fourth-order valence-corrected chi connectivity index (χ4v) is 2.96. The third-order valence-electron chi connectivity index (χ3n) is 4.08. The quantitative estimate of drug-likeness (QED) is 0.746. The van der Waals surface area contributed by atoms with Crippen LogP contribution < -0.4 is 4.90 Å². The molecule has 1 aromatic rings. The summed E-state index contributed by atoms with van der Waals surface area (Å²) in [5, 5.41) is 0. The number of rotatable bonds is 6. The van der Waals surface area contributed by atoms with E-state index in [0.717, 1.165) is 29.9 Å². The van der Waals surface area contributed by atoms with Gasteiger partial charge in [-0.1, -0.05) is 13.8 Å². The van der Waals surface area contributed by atoms with Gasteiger partial charge in [-0.25, -0.2) is 13.2 Å². The average molecular weight is 342 g/mol. The van der Waals surface area contributed by atoms with Crippen LogP contribution in [0.3, 0.4) is 0 Å². The van der Waals surface area contributed by atoms with Crippen molar-refractivity contribution in [2.75, 3.05) is 24.5 Å². The van der Waals surface area contributed by atoms with E-state index in [9.17, 15) is 22.8 Å². The molecule has 0 bridgehead atoms. The molecule has 7 heteroatoms. The molecule has 2 rings (SSSR count). The Morgan fingerprint density at radius 1 is 1.17 bits per heavy atom. The molecule has 0 spiro atoms. The minimum absolute atomic E-state index is 0.0242. The van der Waals surface area contributed by atoms with Crippen molar-refractivity contribution in [2.24, 2.45) is 5.92 Å². The number of nitrogens with zero attached hydrogens (tertiary/aromatic N) is 2. The number of hydrogen-bond donors (Lipinski definition) is 0. The van der Waals surface area contributed by atoms with Gasteiger partial charge in [0.25, 0.3) is 0 Å². The second-order valence-corrected chi connectivity index (χ2v) is 5.93. The summed E-state index contributed by atoms with van der Waals surface area (Å²) in [7, 11) is 0. The molecule has 2 amide bonds. The average Bonchev–Trinajstić information content (AvgIpc) is 2.93. The fraction of sp³-hybridized carbons (Fsp3) is 0.529. The lowest BCUT2D eigenvalue weighted by Gasteiger charge is -2.25. The number of hydrogen-bond acceptors (Lipinski definition) is 2. The molecule has 1 aromatic carbocycles. The van der Waals surface area contributed by atoms with E-state index >= 15 is 0 Å². The van der Waals surface area contributed by atoms with Crippen molar-refractivity contribution in [3.63, 3.8) is 0 Å². The molecular formula is C17H21F3N2O2. The lowest BCUT2D eigenvalue weighted by Crippen LogP contribution is -2.38. The molecular weight excluding hydrogens is 321 g/mol. The van der Waals surface area contributed by atoms with Crippen molar-refractivity contribution in [1.82, 2.24) is 4.90 Å². The molecule has 1 atom stereocenters. The van der Waals surface area contributed by atoms with Crippen molar-refractivity contribution in [3.05, 3.63) is 29.6 Å². The predicted molar refractivity (Wildman–Crippen MR) is 83.9 cm³/mol. The lowest BCUT2D eigenvalue weighted by molar-refractivity contribution is -0.135. The number of amides is 2. The standard InChI is InChI=1S/C17H21F3N2O2/c1-3-7-21(8-4-2)17(24)11-9-14(23)22(10-11)13-6-5-12(18)15(19)16(13)20/h5-6,11H,3-4,7-10H2,1-2H3. The van der Waals surface area contributed by atoms with Crippen molar-refractivity contribution in [3.8, 4) is 0 Å². The Morgan fingerprint density at radius 2 is 1.79 bits per heavy atom. The number of carbonyl (C=O) groups is 2. The highest BCUT2D eigenvalue weighted by Gasteiger charge is 2.38. The fourth-order valence-electron chi connectivity index (χ4n) is 2.96. The van der Waals surface area contributed by atoms with Gasteiger partial charge in [0.1, 0.15) is 0 Å². The molecule has 1 unspecified atom stereocenters. The van der Waals surface area contributed by atoms with Gasteiger partial charge in [-0.2, -0.15) is 0 Å². The van der Waals surface area contributed by atoms with Gasteiger partial charge in [0.15, 0.2) is 17.5 Å². The topological polar surface area (TPSA) is 40.6 Å². The summed E-state index contributed by atoms with van der Waals surface area (Å²) < 4.78 is 40.3. The Kier molecular flexibility index (Phi) is 5.85. The minimum atomic E-state index is -1.62. The van der Waals surface area contributed by atoms with Crippen LogP contribution in [0.15, 0.2) is 12.1 Å². The molecule has 1 aliphatic rings.